The summed E-state index contributed by atoms with van der Waals surface area (Å²) >= 11 is 6.05. The van der Waals surface area contributed by atoms with Crippen LogP contribution in [0.4, 0.5) is 0 Å². The molecule has 1 aliphatic carbocycles. The van der Waals surface area contributed by atoms with Crippen molar-refractivity contribution in [1.82, 2.24) is 14.7 Å². The van der Waals surface area contributed by atoms with Crippen molar-refractivity contribution < 1.29 is 14.3 Å². The van der Waals surface area contributed by atoms with Gasteiger partial charge in [-0.25, -0.2) is 9.48 Å². The summed E-state index contributed by atoms with van der Waals surface area (Å²) in [6.07, 6.45) is 3.36. The molecule has 1 aliphatic rings. The lowest BCUT2D eigenvalue weighted by atomic mass is 10.1. The summed E-state index contributed by atoms with van der Waals surface area (Å²) in [4.78, 5) is 27.3. The van der Waals surface area contributed by atoms with Gasteiger partial charge in [0.25, 0.3) is 5.91 Å². The molecule has 0 unspecified atom stereocenters. The number of hydrogen-bond acceptors (Lipinski definition) is 4. The Morgan fingerprint density at radius 2 is 1.79 bits per heavy atom. The van der Waals surface area contributed by atoms with E-state index in [4.69, 9.17) is 16.3 Å². The van der Waals surface area contributed by atoms with Gasteiger partial charge in [0.15, 0.2) is 5.69 Å². The maximum Gasteiger partial charge on any atom is 0.358 e. The zero-order chi connectivity index (χ0) is 23.4. The van der Waals surface area contributed by atoms with Crippen molar-refractivity contribution in [3.8, 4) is 16.9 Å². The van der Waals surface area contributed by atoms with Gasteiger partial charge < -0.3 is 9.64 Å². The average molecular weight is 466 g/mol. The molecule has 6 nitrogen and oxygen atoms in total. The number of benzene rings is 2. The molecule has 2 aromatic carbocycles. The van der Waals surface area contributed by atoms with Crippen LogP contribution in [0.5, 0.6) is 0 Å². The number of rotatable bonds is 9. The molecule has 0 spiro atoms. The molecule has 3 aromatic rings. The minimum Gasteiger partial charge on any atom is -0.461 e. The lowest BCUT2D eigenvalue weighted by Crippen LogP contribution is -2.33. The Hall–Kier alpha value is -3.12. The van der Waals surface area contributed by atoms with Crippen LogP contribution >= 0.6 is 11.6 Å². The molecule has 0 bridgehead atoms. The first-order valence-corrected chi connectivity index (χ1v) is 11.8. The highest BCUT2D eigenvalue weighted by atomic mass is 35.5. The number of carbonyl (C=O) groups excluding carboxylic acids is 2. The number of halogens is 1. The Morgan fingerprint density at radius 3 is 2.39 bits per heavy atom. The van der Waals surface area contributed by atoms with Crippen LogP contribution < -0.4 is 0 Å². The lowest BCUT2D eigenvalue weighted by molar-refractivity contribution is 0.0518. The van der Waals surface area contributed by atoms with Crippen LogP contribution in [0.15, 0.2) is 54.6 Å². The minimum absolute atomic E-state index is 0.0564. The summed E-state index contributed by atoms with van der Waals surface area (Å²) < 4.78 is 6.83. The average Bonchev–Trinajstić information content (AvgIpc) is 3.53. The second kappa shape index (κ2) is 10.2. The lowest BCUT2D eigenvalue weighted by Gasteiger charge is -2.22. The first-order valence-electron chi connectivity index (χ1n) is 11.4. The zero-order valence-corrected chi connectivity index (χ0v) is 19.7. The van der Waals surface area contributed by atoms with Gasteiger partial charge in [0.1, 0.15) is 0 Å². The molecule has 7 heteroatoms. The van der Waals surface area contributed by atoms with Crippen molar-refractivity contribution in [3.05, 3.63) is 70.9 Å². The quantitative estimate of drug-likeness (QED) is 0.384. The highest BCUT2D eigenvalue weighted by Gasteiger charge is 2.27. The van der Waals surface area contributed by atoms with Crippen molar-refractivity contribution in [3.63, 3.8) is 0 Å². The van der Waals surface area contributed by atoms with E-state index in [9.17, 15) is 9.59 Å². The third kappa shape index (κ3) is 5.45. The summed E-state index contributed by atoms with van der Waals surface area (Å²) in [6, 6.07) is 16.4. The van der Waals surface area contributed by atoms with Crippen LogP contribution in [0, 0.1) is 5.92 Å². The summed E-state index contributed by atoms with van der Waals surface area (Å²) in [6.45, 7) is 5.72. The number of aromatic nitrogens is 2. The van der Waals surface area contributed by atoms with E-state index in [1.807, 2.05) is 41.3 Å². The number of carbonyl (C=O) groups is 2. The normalized spacial score (nSPS) is 13.1. The molecular formula is C26H28ClN3O3. The standard InChI is InChI=1S/C26H28ClN3O3/c1-3-15-29(17-18-5-6-18)25(31)20-9-13-22(14-10-20)30-24(19-7-11-21(27)12-8-19)16-23(28-30)26(32)33-4-2/h7-14,16,18H,3-6,15,17H2,1-2H3. The molecular weight excluding hydrogens is 438 g/mol. The van der Waals surface area contributed by atoms with Crippen LogP contribution in [0.2, 0.25) is 5.02 Å². The number of ether oxygens (including phenoxy) is 1. The molecule has 172 valence electrons. The number of nitrogens with zero attached hydrogens (tertiary/aromatic N) is 3. The predicted octanol–water partition coefficient (Wildman–Crippen LogP) is 5.63. The molecule has 0 saturated heterocycles. The number of esters is 1. The van der Waals surface area contributed by atoms with Gasteiger partial charge in [0, 0.05) is 29.2 Å². The molecule has 0 N–H and O–H groups in total. The second-order valence-electron chi connectivity index (χ2n) is 8.30. The van der Waals surface area contributed by atoms with Gasteiger partial charge in [0.2, 0.25) is 0 Å². The van der Waals surface area contributed by atoms with Gasteiger partial charge in [-0.1, -0.05) is 30.7 Å². The van der Waals surface area contributed by atoms with Gasteiger partial charge in [-0.15, -0.1) is 0 Å². The smallest absolute Gasteiger partial charge is 0.358 e. The molecule has 1 fully saturated rings. The van der Waals surface area contributed by atoms with Gasteiger partial charge in [0.05, 0.1) is 18.0 Å². The van der Waals surface area contributed by atoms with Gasteiger partial charge >= 0.3 is 5.97 Å². The zero-order valence-electron chi connectivity index (χ0n) is 19.0. The SMILES string of the molecule is CCCN(CC1CC1)C(=O)c1ccc(-n2nc(C(=O)OCC)cc2-c2ccc(Cl)cc2)cc1. The molecule has 1 amide bonds. The molecule has 0 aliphatic heterocycles. The molecule has 1 heterocycles. The van der Waals surface area contributed by atoms with Crippen molar-refractivity contribution in [2.45, 2.75) is 33.1 Å². The van der Waals surface area contributed by atoms with Crippen LogP contribution in [0.25, 0.3) is 16.9 Å². The third-order valence-corrected chi connectivity index (χ3v) is 5.90. The molecule has 33 heavy (non-hydrogen) atoms. The second-order valence-corrected chi connectivity index (χ2v) is 8.73. The largest absolute Gasteiger partial charge is 0.461 e. The highest BCUT2D eigenvalue weighted by Crippen LogP contribution is 2.30. The topological polar surface area (TPSA) is 64.4 Å². The molecule has 1 aromatic heterocycles. The Balaban J connectivity index is 1.65. The fourth-order valence-corrected chi connectivity index (χ4v) is 3.92. The van der Waals surface area contributed by atoms with E-state index in [0.29, 0.717) is 16.5 Å². The van der Waals surface area contributed by atoms with Crippen molar-refractivity contribution in [2.24, 2.45) is 5.92 Å². The van der Waals surface area contributed by atoms with E-state index in [1.165, 1.54) is 12.8 Å². The Bertz CT molecular complexity index is 1120. The van der Waals surface area contributed by atoms with Crippen LogP contribution in [0.1, 0.15) is 54.0 Å². The van der Waals surface area contributed by atoms with E-state index >= 15 is 0 Å². The molecule has 1 saturated carbocycles. The van der Waals surface area contributed by atoms with Crippen LogP contribution in [0.3, 0.4) is 0 Å². The summed E-state index contributed by atoms with van der Waals surface area (Å²) in [5.74, 6) is 0.224. The van der Waals surface area contributed by atoms with E-state index in [-0.39, 0.29) is 18.2 Å². The minimum atomic E-state index is -0.478. The number of amides is 1. The van der Waals surface area contributed by atoms with E-state index < -0.39 is 5.97 Å². The Kier molecular flexibility index (Phi) is 7.14. The first-order chi connectivity index (χ1) is 16.0. The monoisotopic (exact) mass is 465 g/mol. The molecule has 0 radical (unpaired) electrons. The molecule has 4 rings (SSSR count). The van der Waals surface area contributed by atoms with Crippen molar-refractivity contribution in [2.75, 3.05) is 19.7 Å². The fraction of sp³-hybridized carbons (Fsp3) is 0.346. The summed E-state index contributed by atoms with van der Waals surface area (Å²) in [7, 11) is 0. The predicted molar refractivity (Wildman–Crippen MR) is 129 cm³/mol. The van der Waals surface area contributed by atoms with Gasteiger partial charge in [-0.2, -0.15) is 5.10 Å². The van der Waals surface area contributed by atoms with Crippen LogP contribution in [-0.2, 0) is 4.74 Å². The highest BCUT2D eigenvalue weighted by molar-refractivity contribution is 6.30. The molecule has 0 atom stereocenters. The first kappa shape index (κ1) is 23.1. The fourth-order valence-electron chi connectivity index (χ4n) is 3.79. The maximum absolute atomic E-state index is 13.1. The van der Waals surface area contributed by atoms with Crippen molar-refractivity contribution in [1.29, 1.82) is 0 Å². The van der Waals surface area contributed by atoms with E-state index in [0.717, 1.165) is 36.5 Å². The Morgan fingerprint density at radius 1 is 1.09 bits per heavy atom. The maximum atomic E-state index is 13.1. The number of hydrogen-bond donors (Lipinski definition) is 0. The van der Waals surface area contributed by atoms with E-state index in [2.05, 4.69) is 12.0 Å². The van der Waals surface area contributed by atoms with Crippen LogP contribution in [-0.4, -0.2) is 46.3 Å². The summed E-state index contributed by atoms with van der Waals surface area (Å²) in [5.41, 5.74) is 3.21. The van der Waals surface area contributed by atoms with E-state index in [1.54, 1.807) is 29.8 Å². The van der Waals surface area contributed by atoms with Gasteiger partial charge in [-0.3, -0.25) is 4.79 Å². The van der Waals surface area contributed by atoms with Gasteiger partial charge in [-0.05, 0) is 74.6 Å². The summed E-state index contributed by atoms with van der Waals surface area (Å²) in [5, 5.41) is 5.12. The van der Waals surface area contributed by atoms with Crippen molar-refractivity contribution >= 4 is 23.5 Å². The third-order valence-electron chi connectivity index (χ3n) is 5.65. The Labute approximate surface area is 199 Å².